The van der Waals surface area contributed by atoms with E-state index in [9.17, 15) is 9.18 Å². The van der Waals surface area contributed by atoms with E-state index < -0.39 is 0 Å². The molecule has 0 aromatic heterocycles. The van der Waals surface area contributed by atoms with Crippen LogP contribution in [-0.4, -0.2) is 29.9 Å². The van der Waals surface area contributed by atoms with Crippen molar-refractivity contribution in [3.8, 4) is 0 Å². The molecule has 0 saturated carbocycles. The number of halogens is 1. The van der Waals surface area contributed by atoms with E-state index >= 15 is 0 Å². The zero-order chi connectivity index (χ0) is 13.0. The van der Waals surface area contributed by atoms with Gasteiger partial charge in [0, 0.05) is 18.2 Å². The highest BCUT2D eigenvalue weighted by molar-refractivity contribution is 5.91. The Morgan fingerprint density at radius 3 is 2.56 bits per heavy atom. The number of nitrogens with one attached hydrogen (secondary N) is 1. The quantitative estimate of drug-likeness (QED) is 0.891. The molecule has 1 aromatic carbocycles. The maximum absolute atomic E-state index is 12.7. The van der Waals surface area contributed by atoms with Crippen LogP contribution in [0.3, 0.4) is 0 Å². The van der Waals surface area contributed by atoms with Gasteiger partial charge in [-0.25, -0.2) is 4.39 Å². The van der Waals surface area contributed by atoms with Crippen molar-refractivity contribution in [3.05, 3.63) is 30.1 Å². The molecule has 4 heteroatoms. The molecule has 1 saturated heterocycles. The first-order valence-corrected chi connectivity index (χ1v) is 6.44. The monoisotopic (exact) mass is 250 g/mol. The Morgan fingerprint density at radius 1 is 1.33 bits per heavy atom. The van der Waals surface area contributed by atoms with Crippen LogP contribution in [0.15, 0.2) is 24.3 Å². The molecule has 0 radical (unpaired) electrons. The summed E-state index contributed by atoms with van der Waals surface area (Å²) in [5.41, 5.74) is 0.648. The van der Waals surface area contributed by atoms with Gasteiger partial charge in [0.25, 0.3) is 0 Å². The molecule has 0 bridgehead atoms. The topological polar surface area (TPSA) is 32.3 Å². The lowest BCUT2D eigenvalue weighted by molar-refractivity contribution is -0.117. The number of carbonyl (C=O) groups is 1. The van der Waals surface area contributed by atoms with Gasteiger partial charge in [-0.1, -0.05) is 0 Å². The summed E-state index contributed by atoms with van der Waals surface area (Å²) < 4.78 is 12.7. The van der Waals surface area contributed by atoms with Crippen molar-refractivity contribution < 1.29 is 9.18 Å². The van der Waals surface area contributed by atoms with Crippen molar-refractivity contribution in [2.75, 3.05) is 18.4 Å². The first-order valence-electron chi connectivity index (χ1n) is 6.44. The molecule has 0 spiro atoms. The minimum atomic E-state index is -0.293. The van der Waals surface area contributed by atoms with Crippen LogP contribution in [0.2, 0.25) is 0 Å². The predicted octanol–water partition coefficient (Wildman–Crippen LogP) is 2.64. The van der Waals surface area contributed by atoms with E-state index in [0.717, 1.165) is 13.1 Å². The summed E-state index contributed by atoms with van der Waals surface area (Å²) in [5.74, 6) is -0.306. The number of rotatable bonds is 4. The number of likely N-dealkylation sites (tertiary alicyclic amines) is 1. The van der Waals surface area contributed by atoms with Gasteiger partial charge in [0.1, 0.15) is 5.82 Å². The number of nitrogens with zero attached hydrogens (tertiary/aromatic N) is 1. The van der Waals surface area contributed by atoms with Crippen LogP contribution in [0.5, 0.6) is 0 Å². The number of carbonyl (C=O) groups excluding carboxylic acids is 1. The molecule has 98 valence electrons. The lowest BCUT2D eigenvalue weighted by Gasteiger charge is -2.23. The predicted molar refractivity (Wildman–Crippen MR) is 69.9 cm³/mol. The highest BCUT2D eigenvalue weighted by Gasteiger charge is 2.20. The fraction of sp³-hybridized carbons (Fsp3) is 0.500. The number of amides is 1. The molecule has 1 aliphatic rings. The summed E-state index contributed by atoms with van der Waals surface area (Å²) in [6.07, 6.45) is 2.94. The Bertz CT molecular complexity index is 399. The van der Waals surface area contributed by atoms with E-state index in [4.69, 9.17) is 0 Å². The second-order valence-corrected chi connectivity index (χ2v) is 4.85. The van der Waals surface area contributed by atoms with Gasteiger partial charge in [-0.2, -0.15) is 0 Å². The van der Waals surface area contributed by atoms with E-state index in [1.807, 2.05) is 0 Å². The molecule has 1 heterocycles. The maximum Gasteiger partial charge on any atom is 0.225 e. The minimum Gasteiger partial charge on any atom is -0.326 e. The molecule has 18 heavy (non-hydrogen) atoms. The summed E-state index contributed by atoms with van der Waals surface area (Å²) >= 11 is 0. The fourth-order valence-corrected chi connectivity index (χ4v) is 2.33. The summed E-state index contributed by atoms with van der Waals surface area (Å²) in [6.45, 7) is 4.26. The van der Waals surface area contributed by atoms with Gasteiger partial charge < -0.3 is 10.2 Å². The molecule has 1 N–H and O–H groups in total. The Kier molecular flexibility index (Phi) is 4.31. The Morgan fingerprint density at radius 2 is 1.94 bits per heavy atom. The van der Waals surface area contributed by atoms with E-state index in [1.165, 1.54) is 25.0 Å². The Labute approximate surface area is 107 Å². The normalized spacial score (nSPS) is 17.7. The molecule has 1 aromatic rings. The van der Waals surface area contributed by atoms with E-state index in [-0.39, 0.29) is 17.8 Å². The van der Waals surface area contributed by atoms with Gasteiger partial charge in [0.2, 0.25) is 5.91 Å². The molecular formula is C14H19FN2O. The SMILES string of the molecule is C[C@H](CC(=O)Nc1ccc(F)cc1)N1CCCC1. The first kappa shape index (κ1) is 13.0. The number of benzene rings is 1. The lowest BCUT2D eigenvalue weighted by Crippen LogP contribution is -2.33. The third-order valence-corrected chi connectivity index (χ3v) is 3.37. The number of hydrogen-bond acceptors (Lipinski definition) is 2. The molecule has 1 fully saturated rings. The lowest BCUT2D eigenvalue weighted by atomic mass is 10.2. The molecular weight excluding hydrogens is 231 g/mol. The van der Waals surface area contributed by atoms with Gasteiger partial charge in [0.05, 0.1) is 0 Å². The van der Waals surface area contributed by atoms with Gasteiger partial charge in [0.15, 0.2) is 0 Å². The largest absolute Gasteiger partial charge is 0.326 e. The van der Waals surface area contributed by atoms with E-state index in [1.54, 1.807) is 12.1 Å². The second-order valence-electron chi connectivity index (χ2n) is 4.85. The molecule has 3 nitrogen and oxygen atoms in total. The fourth-order valence-electron chi connectivity index (χ4n) is 2.33. The maximum atomic E-state index is 12.7. The molecule has 1 aliphatic heterocycles. The van der Waals surface area contributed by atoms with Gasteiger partial charge in [-0.15, -0.1) is 0 Å². The van der Waals surface area contributed by atoms with Crippen LogP contribution >= 0.6 is 0 Å². The standard InChI is InChI=1S/C14H19FN2O/c1-11(17-8-2-3-9-17)10-14(18)16-13-6-4-12(15)5-7-13/h4-7,11H,2-3,8-10H2,1H3,(H,16,18)/t11-/m1/s1. The average molecular weight is 250 g/mol. The second kappa shape index (κ2) is 5.96. The molecule has 2 rings (SSSR count). The van der Waals surface area contributed by atoms with Crippen LogP contribution < -0.4 is 5.32 Å². The van der Waals surface area contributed by atoms with Crippen molar-refractivity contribution in [2.24, 2.45) is 0 Å². The zero-order valence-electron chi connectivity index (χ0n) is 10.7. The van der Waals surface area contributed by atoms with Crippen molar-refractivity contribution in [1.82, 2.24) is 4.90 Å². The summed E-state index contributed by atoms with van der Waals surface area (Å²) in [4.78, 5) is 14.2. The van der Waals surface area contributed by atoms with Crippen LogP contribution in [-0.2, 0) is 4.79 Å². The third-order valence-electron chi connectivity index (χ3n) is 3.37. The van der Waals surface area contributed by atoms with E-state index in [0.29, 0.717) is 12.1 Å². The van der Waals surface area contributed by atoms with Crippen LogP contribution in [0.25, 0.3) is 0 Å². The van der Waals surface area contributed by atoms with Crippen molar-refractivity contribution in [2.45, 2.75) is 32.2 Å². The first-order chi connectivity index (χ1) is 8.65. The van der Waals surface area contributed by atoms with Crippen molar-refractivity contribution in [3.63, 3.8) is 0 Å². The van der Waals surface area contributed by atoms with Gasteiger partial charge in [-0.3, -0.25) is 4.79 Å². The molecule has 1 amide bonds. The average Bonchev–Trinajstić information content (AvgIpc) is 2.85. The van der Waals surface area contributed by atoms with Crippen LogP contribution in [0.4, 0.5) is 10.1 Å². The van der Waals surface area contributed by atoms with E-state index in [2.05, 4.69) is 17.1 Å². The summed E-state index contributed by atoms with van der Waals surface area (Å²) in [7, 11) is 0. The van der Waals surface area contributed by atoms with Crippen molar-refractivity contribution in [1.29, 1.82) is 0 Å². The molecule has 0 aliphatic carbocycles. The number of anilines is 1. The van der Waals surface area contributed by atoms with Gasteiger partial charge >= 0.3 is 0 Å². The summed E-state index contributed by atoms with van der Waals surface area (Å²) in [5, 5.41) is 2.79. The zero-order valence-corrected chi connectivity index (χ0v) is 10.7. The highest BCUT2D eigenvalue weighted by atomic mass is 19.1. The van der Waals surface area contributed by atoms with Crippen LogP contribution in [0.1, 0.15) is 26.2 Å². The Balaban J connectivity index is 1.82. The Hall–Kier alpha value is -1.42. The smallest absolute Gasteiger partial charge is 0.225 e. The number of hydrogen-bond donors (Lipinski definition) is 1. The molecule has 0 unspecified atom stereocenters. The highest BCUT2D eigenvalue weighted by Crippen LogP contribution is 2.15. The third kappa shape index (κ3) is 3.53. The van der Waals surface area contributed by atoms with Gasteiger partial charge in [-0.05, 0) is 57.1 Å². The van der Waals surface area contributed by atoms with Crippen molar-refractivity contribution >= 4 is 11.6 Å². The molecule has 1 atom stereocenters. The van der Waals surface area contributed by atoms with Crippen LogP contribution in [0, 0.1) is 5.82 Å². The summed E-state index contributed by atoms with van der Waals surface area (Å²) in [6, 6.07) is 6.12. The minimum absolute atomic E-state index is 0.0130.